The molecule has 8 heteroatoms. The minimum absolute atomic E-state index is 0.0375. The fourth-order valence-electron chi connectivity index (χ4n) is 3.23. The van der Waals surface area contributed by atoms with Crippen LogP contribution in [0.4, 0.5) is 13.2 Å². The standard InChI is InChI=1S/C16H17F3N2O3/c1-23-7-9(22)4-8-2-3-12(17)10(5-8)16(14(18)19)11-6-13(11)24-15(20)21-16/h2-3,5,11,13-14H,4,6-7H2,1H3,(H2,20,21)/t11-,13+,16+/m0/s1. The minimum Gasteiger partial charge on any atom is -0.462 e. The lowest BCUT2D eigenvalue weighted by Gasteiger charge is -2.33. The van der Waals surface area contributed by atoms with Crippen molar-refractivity contribution in [2.45, 2.75) is 30.9 Å². The van der Waals surface area contributed by atoms with E-state index in [4.69, 9.17) is 15.2 Å². The highest BCUT2D eigenvalue weighted by molar-refractivity contribution is 5.82. The molecule has 0 unspecified atom stereocenters. The summed E-state index contributed by atoms with van der Waals surface area (Å²) in [6.07, 6.45) is -3.13. The molecule has 3 rings (SSSR count). The zero-order valence-electron chi connectivity index (χ0n) is 13.0. The molecule has 0 aromatic heterocycles. The first-order valence-corrected chi connectivity index (χ1v) is 7.48. The van der Waals surface area contributed by atoms with Crippen LogP contribution in [0.15, 0.2) is 23.2 Å². The second-order valence-corrected chi connectivity index (χ2v) is 6.04. The topological polar surface area (TPSA) is 73.9 Å². The summed E-state index contributed by atoms with van der Waals surface area (Å²) in [6.45, 7) is -0.101. The van der Waals surface area contributed by atoms with Crippen LogP contribution in [0, 0.1) is 11.7 Å². The lowest BCUT2D eigenvalue weighted by atomic mass is 9.83. The number of methoxy groups -OCH3 is 1. The van der Waals surface area contributed by atoms with Crippen LogP contribution in [0.3, 0.4) is 0 Å². The molecule has 24 heavy (non-hydrogen) atoms. The van der Waals surface area contributed by atoms with Gasteiger partial charge in [-0.1, -0.05) is 6.07 Å². The maximum Gasteiger partial charge on any atom is 0.283 e. The van der Waals surface area contributed by atoms with Gasteiger partial charge >= 0.3 is 0 Å². The molecule has 1 heterocycles. The molecule has 2 N–H and O–H groups in total. The number of ketones is 1. The Morgan fingerprint density at radius 2 is 2.29 bits per heavy atom. The van der Waals surface area contributed by atoms with Crippen LogP contribution in [0.1, 0.15) is 17.5 Å². The molecule has 5 nitrogen and oxygen atoms in total. The van der Waals surface area contributed by atoms with Gasteiger partial charge in [0.05, 0.1) is 0 Å². The molecule has 0 radical (unpaired) electrons. The third-order valence-corrected chi connectivity index (χ3v) is 4.37. The summed E-state index contributed by atoms with van der Waals surface area (Å²) in [5.41, 5.74) is 3.61. The van der Waals surface area contributed by atoms with Gasteiger partial charge in [-0.2, -0.15) is 0 Å². The summed E-state index contributed by atoms with van der Waals surface area (Å²) >= 11 is 0. The summed E-state index contributed by atoms with van der Waals surface area (Å²) in [6, 6.07) is 3.37. The SMILES string of the molecule is COCC(=O)Cc1ccc(F)c([C@@]2(C(F)F)N=C(N)O[C@@H]3C[C@@H]32)c1. The van der Waals surface area contributed by atoms with Gasteiger partial charge < -0.3 is 15.2 Å². The Labute approximate surface area is 136 Å². The van der Waals surface area contributed by atoms with Gasteiger partial charge in [0.15, 0.2) is 11.3 Å². The van der Waals surface area contributed by atoms with E-state index in [2.05, 4.69) is 4.99 Å². The number of nitrogens with two attached hydrogens (primary N) is 1. The molecule has 2 aliphatic rings. The highest BCUT2D eigenvalue weighted by Gasteiger charge is 2.64. The lowest BCUT2D eigenvalue weighted by molar-refractivity contribution is -0.121. The largest absolute Gasteiger partial charge is 0.462 e. The number of fused-ring (bicyclic) bond motifs is 1. The smallest absolute Gasteiger partial charge is 0.283 e. The average molecular weight is 342 g/mol. The lowest BCUT2D eigenvalue weighted by Crippen LogP contribution is -2.43. The number of rotatable bonds is 6. The van der Waals surface area contributed by atoms with Crippen LogP contribution in [-0.4, -0.2) is 38.1 Å². The first kappa shape index (κ1) is 16.8. The number of amidine groups is 1. The van der Waals surface area contributed by atoms with Crippen molar-refractivity contribution in [2.75, 3.05) is 13.7 Å². The number of halogens is 3. The van der Waals surface area contributed by atoms with Crippen molar-refractivity contribution < 1.29 is 27.4 Å². The third-order valence-electron chi connectivity index (χ3n) is 4.37. The van der Waals surface area contributed by atoms with Gasteiger partial charge in [0.2, 0.25) is 0 Å². The Hall–Kier alpha value is -2.09. The van der Waals surface area contributed by atoms with Gasteiger partial charge in [0.25, 0.3) is 12.4 Å². The average Bonchev–Trinajstić information content (AvgIpc) is 3.27. The van der Waals surface area contributed by atoms with Crippen molar-refractivity contribution in [1.29, 1.82) is 0 Å². The zero-order chi connectivity index (χ0) is 17.5. The molecule has 1 saturated carbocycles. The molecule has 0 saturated heterocycles. The molecule has 0 amide bonds. The van der Waals surface area contributed by atoms with E-state index in [0.717, 1.165) is 6.07 Å². The van der Waals surface area contributed by atoms with E-state index in [0.29, 0.717) is 12.0 Å². The van der Waals surface area contributed by atoms with Crippen molar-refractivity contribution in [1.82, 2.24) is 0 Å². The van der Waals surface area contributed by atoms with Crippen LogP contribution < -0.4 is 5.73 Å². The summed E-state index contributed by atoms with van der Waals surface area (Å²) in [5.74, 6) is -1.67. The Morgan fingerprint density at radius 1 is 1.54 bits per heavy atom. The number of alkyl halides is 2. The predicted molar refractivity (Wildman–Crippen MR) is 79.3 cm³/mol. The fraction of sp³-hybridized carbons (Fsp3) is 0.500. The van der Waals surface area contributed by atoms with E-state index >= 15 is 0 Å². The molecule has 1 aromatic carbocycles. The monoisotopic (exact) mass is 342 g/mol. The highest BCUT2D eigenvalue weighted by atomic mass is 19.3. The summed E-state index contributed by atoms with van der Waals surface area (Å²) in [4.78, 5) is 15.5. The Bertz CT molecular complexity index is 695. The van der Waals surface area contributed by atoms with E-state index in [1.54, 1.807) is 0 Å². The molecule has 0 bridgehead atoms. The van der Waals surface area contributed by atoms with Crippen LogP contribution >= 0.6 is 0 Å². The summed E-state index contributed by atoms with van der Waals surface area (Å²) in [5, 5.41) is 0. The Balaban J connectivity index is 2.03. The van der Waals surface area contributed by atoms with Gasteiger partial charge in [-0.05, 0) is 24.1 Å². The van der Waals surface area contributed by atoms with E-state index in [9.17, 15) is 18.0 Å². The van der Waals surface area contributed by atoms with Crippen molar-refractivity contribution in [3.63, 3.8) is 0 Å². The maximum absolute atomic E-state index is 14.4. The van der Waals surface area contributed by atoms with Gasteiger partial charge in [-0.15, -0.1) is 0 Å². The molecule has 1 fully saturated rings. The van der Waals surface area contributed by atoms with Gasteiger partial charge in [0, 0.05) is 25.0 Å². The quantitative estimate of drug-likeness (QED) is 0.855. The first-order valence-electron chi connectivity index (χ1n) is 7.48. The molecule has 1 aliphatic carbocycles. The summed E-state index contributed by atoms with van der Waals surface area (Å²) < 4.78 is 52.1. The van der Waals surface area contributed by atoms with E-state index in [-0.39, 0.29) is 30.4 Å². The van der Waals surface area contributed by atoms with Gasteiger partial charge in [0.1, 0.15) is 18.5 Å². The van der Waals surface area contributed by atoms with Crippen LogP contribution in [0.25, 0.3) is 0 Å². The minimum atomic E-state index is -2.95. The van der Waals surface area contributed by atoms with Crippen molar-refractivity contribution in [3.05, 3.63) is 35.1 Å². The molecular weight excluding hydrogens is 325 g/mol. The number of carbonyl (C=O) groups excluding carboxylic acids is 1. The number of Topliss-reactive ketones (excluding diaryl/α,β-unsaturated/α-hetero) is 1. The fourth-order valence-corrected chi connectivity index (χ4v) is 3.23. The number of ether oxygens (including phenoxy) is 2. The van der Waals surface area contributed by atoms with Crippen molar-refractivity contribution >= 4 is 11.8 Å². The number of nitrogens with zero attached hydrogens (tertiary/aromatic N) is 1. The van der Waals surface area contributed by atoms with Crippen LogP contribution in [0.2, 0.25) is 0 Å². The second kappa shape index (κ2) is 6.08. The number of benzene rings is 1. The number of hydrogen-bond acceptors (Lipinski definition) is 5. The second-order valence-electron chi connectivity index (χ2n) is 6.04. The molecule has 1 aliphatic heterocycles. The number of hydrogen-bond donors (Lipinski definition) is 1. The Morgan fingerprint density at radius 3 is 2.96 bits per heavy atom. The van der Waals surface area contributed by atoms with E-state index < -0.39 is 29.8 Å². The van der Waals surface area contributed by atoms with Gasteiger partial charge in [-0.3, -0.25) is 4.79 Å². The normalized spacial score (nSPS) is 28.1. The van der Waals surface area contributed by atoms with Crippen molar-refractivity contribution in [2.24, 2.45) is 16.6 Å². The zero-order valence-corrected chi connectivity index (χ0v) is 13.0. The number of aliphatic imine (C=N–C) groups is 1. The highest BCUT2D eigenvalue weighted by Crippen LogP contribution is 2.56. The van der Waals surface area contributed by atoms with E-state index in [1.165, 1.54) is 19.2 Å². The first-order chi connectivity index (χ1) is 11.4. The van der Waals surface area contributed by atoms with E-state index in [1.807, 2.05) is 0 Å². The maximum atomic E-state index is 14.4. The van der Waals surface area contributed by atoms with Crippen molar-refractivity contribution in [3.8, 4) is 0 Å². The summed E-state index contributed by atoms with van der Waals surface area (Å²) in [7, 11) is 1.38. The molecule has 3 atom stereocenters. The molecule has 0 spiro atoms. The van der Waals surface area contributed by atoms with Gasteiger partial charge in [-0.25, -0.2) is 18.2 Å². The van der Waals surface area contributed by atoms with Crippen LogP contribution in [0.5, 0.6) is 0 Å². The molecule has 1 aromatic rings. The molecule has 130 valence electrons. The third kappa shape index (κ3) is 2.75. The number of carbonyl (C=O) groups is 1. The van der Waals surface area contributed by atoms with Crippen LogP contribution in [-0.2, 0) is 26.2 Å². The predicted octanol–water partition coefficient (Wildman–Crippen LogP) is 1.78. The molecular formula is C16H17F3N2O3. The Kier molecular flexibility index (Phi) is 4.25.